The molecular weight excluding hydrogens is 110 g/mol. The molecule has 1 heteroatoms. The summed E-state index contributed by atoms with van der Waals surface area (Å²) < 4.78 is 0. The van der Waals surface area contributed by atoms with Crippen LogP contribution in [0.1, 0.15) is 6.92 Å². The first-order valence-corrected chi connectivity index (χ1v) is 2.86. The van der Waals surface area contributed by atoms with Crippen molar-refractivity contribution in [1.82, 2.24) is 4.90 Å². The summed E-state index contributed by atoms with van der Waals surface area (Å²) in [5.41, 5.74) is 1.14. The molecule has 0 aliphatic heterocycles. The van der Waals surface area contributed by atoms with E-state index in [-0.39, 0.29) is 0 Å². The third-order valence-corrected chi connectivity index (χ3v) is 1.02. The molecule has 0 fully saturated rings. The van der Waals surface area contributed by atoms with Crippen LogP contribution in [0.15, 0.2) is 37.2 Å². The van der Waals surface area contributed by atoms with Crippen LogP contribution >= 0.6 is 0 Å². The van der Waals surface area contributed by atoms with Crippen molar-refractivity contribution in [1.29, 1.82) is 0 Å². The molecule has 0 spiro atoms. The van der Waals surface area contributed by atoms with Crippen molar-refractivity contribution in [3.8, 4) is 0 Å². The Morgan fingerprint density at radius 2 is 2.00 bits per heavy atom. The van der Waals surface area contributed by atoms with Crippen LogP contribution in [0.25, 0.3) is 0 Å². The van der Waals surface area contributed by atoms with E-state index in [1.165, 1.54) is 0 Å². The Labute approximate surface area is 57.0 Å². The third-order valence-electron chi connectivity index (χ3n) is 1.02. The normalized spacial score (nSPS) is 10.7. The third kappa shape index (κ3) is 3.59. The zero-order valence-corrected chi connectivity index (χ0v) is 6.09. The van der Waals surface area contributed by atoms with Crippen molar-refractivity contribution in [2.24, 2.45) is 0 Å². The van der Waals surface area contributed by atoms with Crippen LogP contribution in [0.4, 0.5) is 0 Å². The van der Waals surface area contributed by atoms with Gasteiger partial charge < -0.3 is 4.90 Å². The molecule has 0 rings (SSSR count). The van der Waals surface area contributed by atoms with E-state index in [9.17, 15) is 0 Å². The SMILES string of the molecule is C=C/C(C)=C\N(C)C=C. The van der Waals surface area contributed by atoms with Gasteiger partial charge in [-0.2, -0.15) is 0 Å². The lowest BCUT2D eigenvalue weighted by molar-refractivity contribution is 0.623. The first kappa shape index (κ1) is 8.02. The molecule has 1 nitrogen and oxygen atoms in total. The molecule has 0 bridgehead atoms. The van der Waals surface area contributed by atoms with E-state index >= 15 is 0 Å². The zero-order valence-electron chi connectivity index (χ0n) is 6.09. The zero-order chi connectivity index (χ0) is 7.28. The van der Waals surface area contributed by atoms with Gasteiger partial charge in [-0.3, -0.25) is 0 Å². The molecule has 0 aromatic rings. The smallest absolute Gasteiger partial charge is 0.0106 e. The monoisotopic (exact) mass is 123 g/mol. The number of hydrogen-bond acceptors (Lipinski definition) is 1. The quantitative estimate of drug-likeness (QED) is 0.520. The van der Waals surface area contributed by atoms with E-state index < -0.39 is 0 Å². The summed E-state index contributed by atoms with van der Waals surface area (Å²) in [4.78, 5) is 1.89. The molecule has 9 heavy (non-hydrogen) atoms. The molecule has 0 aliphatic rings. The molecule has 0 heterocycles. The Hall–Kier alpha value is -0.980. The molecule has 0 aromatic heterocycles. The van der Waals surface area contributed by atoms with Crippen LogP contribution in [0.5, 0.6) is 0 Å². The van der Waals surface area contributed by atoms with Crippen LogP contribution < -0.4 is 0 Å². The molecule has 0 N–H and O–H groups in total. The molecule has 50 valence electrons. The number of hydrogen-bond donors (Lipinski definition) is 0. The maximum absolute atomic E-state index is 3.62. The highest BCUT2D eigenvalue weighted by Gasteiger charge is 1.81. The molecule has 0 atom stereocenters. The van der Waals surface area contributed by atoms with Crippen LogP contribution in [0.2, 0.25) is 0 Å². The molecular formula is C8H13N. The van der Waals surface area contributed by atoms with Gasteiger partial charge in [0.2, 0.25) is 0 Å². The molecule has 0 saturated carbocycles. The average Bonchev–Trinajstić information content (AvgIpc) is 1.87. The predicted octanol–water partition coefficient (Wildman–Crippen LogP) is 2.15. The minimum Gasteiger partial charge on any atom is -0.358 e. The van der Waals surface area contributed by atoms with Crippen molar-refractivity contribution in [3.63, 3.8) is 0 Å². The van der Waals surface area contributed by atoms with Crippen LogP contribution in [-0.2, 0) is 0 Å². The van der Waals surface area contributed by atoms with Crippen LogP contribution in [-0.4, -0.2) is 11.9 Å². The molecule has 0 amide bonds. The van der Waals surface area contributed by atoms with Gasteiger partial charge in [0.15, 0.2) is 0 Å². The van der Waals surface area contributed by atoms with E-state index in [0.29, 0.717) is 0 Å². The van der Waals surface area contributed by atoms with E-state index in [1.807, 2.05) is 25.1 Å². The summed E-state index contributed by atoms with van der Waals surface area (Å²) in [7, 11) is 1.93. The maximum atomic E-state index is 3.62. The number of rotatable bonds is 3. The first-order valence-electron chi connectivity index (χ1n) is 2.86. The Kier molecular flexibility index (Phi) is 3.52. The molecule has 0 aromatic carbocycles. The minimum absolute atomic E-state index is 1.14. The second kappa shape index (κ2) is 3.96. The van der Waals surface area contributed by atoms with E-state index in [1.54, 1.807) is 12.3 Å². The van der Waals surface area contributed by atoms with Crippen molar-refractivity contribution < 1.29 is 0 Å². The lowest BCUT2D eigenvalue weighted by Crippen LogP contribution is -1.99. The van der Waals surface area contributed by atoms with Gasteiger partial charge in [0.25, 0.3) is 0 Å². The highest BCUT2D eigenvalue weighted by Crippen LogP contribution is 1.94. The van der Waals surface area contributed by atoms with Gasteiger partial charge in [-0.05, 0) is 18.7 Å². The predicted molar refractivity (Wildman–Crippen MR) is 41.9 cm³/mol. The summed E-state index contributed by atoms with van der Waals surface area (Å²) in [6, 6.07) is 0. The van der Waals surface area contributed by atoms with Crippen LogP contribution in [0, 0.1) is 0 Å². The fourth-order valence-corrected chi connectivity index (χ4v) is 0.427. The lowest BCUT2D eigenvalue weighted by Gasteiger charge is -2.05. The Morgan fingerprint density at radius 1 is 1.44 bits per heavy atom. The average molecular weight is 123 g/mol. The number of allylic oxidation sites excluding steroid dienone is 2. The minimum atomic E-state index is 1.14. The second-order valence-electron chi connectivity index (χ2n) is 1.93. The fraction of sp³-hybridized carbons (Fsp3) is 0.250. The van der Waals surface area contributed by atoms with Crippen molar-refractivity contribution in [3.05, 3.63) is 37.2 Å². The van der Waals surface area contributed by atoms with Gasteiger partial charge >= 0.3 is 0 Å². The van der Waals surface area contributed by atoms with Gasteiger partial charge in [0.1, 0.15) is 0 Å². The molecule has 0 unspecified atom stereocenters. The maximum Gasteiger partial charge on any atom is 0.0106 e. The highest BCUT2D eigenvalue weighted by molar-refractivity contribution is 5.12. The Bertz CT molecular complexity index is 134. The van der Waals surface area contributed by atoms with E-state index in [0.717, 1.165) is 5.57 Å². The van der Waals surface area contributed by atoms with Crippen molar-refractivity contribution >= 4 is 0 Å². The van der Waals surface area contributed by atoms with Crippen LogP contribution in [0.3, 0.4) is 0 Å². The van der Waals surface area contributed by atoms with Gasteiger partial charge in [-0.1, -0.05) is 19.2 Å². The largest absolute Gasteiger partial charge is 0.358 e. The molecule has 0 saturated heterocycles. The summed E-state index contributed by atoms with van der Waals surface area (Å²) in [6.07, 6.45) is 5.51. The molecule has 0 radical (unpaired) electrons. The summed E-state index contributed by atoms with van der Waals surface area (Å²) in [6.45, 7) is 9.21. The Morgan fingerprint density at radius 3 is 2.33 bits per heavy atom. The molecule has 0 aliphatic carbocycles. The van der Waals surface area contributed by atoms with E-state index in [4.69, 9.17) is 0 Å². The Balaban J connectivity index is 3.92. The van der Waals surface area contributed by atoms with Crippen molar-refractivity contribution in [2.45, 2.75) is 6.92 Å². The standard InChI is InChI=1S/C8H13N/c1-5-8(3)7-9(4)6-2/h5-7H,1-2H2,3-4H3/b8-7-. The summed E-state index contributed by atoms with van der Waals surface area (Å²) in [5, 5.41) is 0. The lowest BCUT2D eigenvalue weighted by atomic mass is 10.3. The van der Waals surface area contributed by atoms with E-state index in [2.05, 4.69) is 13.2 Å². The topological polar surface area (TPSA) is 3.24 Å². The van der Waals surface area contributed by atoms with Gasteiger partial charge in [-0.25, -0.2) is 0 Å². The van der Waals surface area contributed by atoms with Gasteiger partial charge in [0, 0.05) is 13.2 Å². The first-order chi connectivity index (χ1) is 4.20. The summed E-state index contributed by atoms with van der Waals surface area (Å²) in [5.74, 6) is 0. The fourth-order valence-electron chi connectivity index (χ4n) is 0.427. The van der Waals surface area contributed by atoms with Crippen molar-refractivity contribution in [2.75, 3.05) is 7.05 Å². The number of nitrogens with zero attached hydrogens (tertiary/aromatic N) is 1. The van der Waals surface area contributed by atoms with Gasteiger partial charge in [-0.15, -0.1) is 0 Å². The highest BCUT2D eigenvalue weighted by atomic mass is 15.0. The second-order valence-corrected chi connectivity index (χ2v) is 1.93. The van der Waals surface area contributed by atoms with Gasteiger partial charge in [0.05, 0.1) is 0 Å². The summed E-state index contributed by atoms with van der Waals surface area (Å²) >= 11 is 0.